The highest BCUT2D eigenvalue weighted by Crippen LogP contribution is 2.23. The molecule has 0 spiro atoms. The molecule has 0 aliphatic heterocycles. The molecule has 2 N–H and O–H groups in total. The number of aromatic nitrogens is 2. The van der Waals surface area contributed by atoms with Gasteiger partial charge in [-0.05, 0) is 61.6 Å². The first-order valence-electron chi connectivity index (χ1n) is 11.0. The average molecular weight is 489 g/mol. The molecule has 0 saturated heterocycles. The van der Waals surface area contributed by atoms with Gasteiger partial charge in [-0.3, -0.25) is 9.52 Å². The lowest BCUT2D eigenvalue weighted by Crippen LogP contribution is -2.25. The Morgan fingerprint density at radius 3 is 2.58 bits per heavy atom. The number of hydrogen-bond donors (Lipinski definition) is 2. The molecule has 3 rings (SSSR count). The number of benzene rings is 2. The van der Waals surface area contributed by atoms with E-state index in [0.717, 1.165) is 44.2 Å². The number of rotatable bonds is 12. The third kappa shape index (κ3) is 7.33. The van der Waals surface area contributed by atoms with Crippen LogP contribution in [0, 0.1) is 0 Å². The van der Waals surface area contributed by atoms with Crippen LogP contribution in [0.3, 0.4) is 0 Å². The quantitative estimate of drug-likeness (QED) is 0.355. The third-order valence-corrected chi connectivity index (χ3v) is 6.91. The van der Waals surface area contributed by atoms with Crippen LogP contribution in [-0.4, -0.2) is 30.4 Å². The number of nitrogens with one attached hydrogen (secondary N) is 2. The summed E-state index contributed by atoms with van der Waals surface area (Å²) < 4.78 is 30.3. The SMILES string of the molecule is CCCCc1ccc(NS(=O)(=O)c2ccc(Cl)c(C(=O)NCCCCn3ccnc3)c2)cc1. The fraction of sp³-hybridized carbons (Fsp3) is 0.333. The standard InChI is InChI=1S/C24H29ClN4O3S/c1-2-3-6-19-7-9-20(10-8-19)28-33(31,32)21-11-12-23(25)22(17-21)24(30)27-13-4-5-15-29-16-14-26-18-29/h7-12,14,16-18,28H,2-6,13,15H2,1H3,(H,27,30). The Kier molecular flexibility index (Phi) is 8.91. The molecule has 2 aromatic carbocycles. The van der Waals surface area contributed by atoms with Crippen molar-refractivity contribution < 1.29 is 13.2 Å². The first kappa shape index (κ1) is 24.8. The Bertz CT molecular complexity index is 1150. The summed E-state index contributed by atoms with van der Waals surface area (Å²) in [5.74, 6) is -0.403. The summed E-state index contributed by atoms with van der Waals surface area (Å²) in [4.78, 5) is 16.6. The summed E-state index contributed by atoms with van der Waals surface area (Å²) in [6.07, 6.45) is 10.2. The van der Waals surface area contributed by atoms with E-state index in [2.05, 4.69) is 21.9 Å². The average Bonchev–Trinajstić information content (AvgIpc) is 3.32. The summed E-state index contributed by atoms with van der Waals surface area (Å²) in [6, 6.07) is 11.5. The van der Waals surface area contributed by atoms with Crippen LogP contribution >= 0.6 is 11.6 Å². The van der Waals surface area contributed by atoms with E-state index in [1.807, 2.05) is 22.9 Å². The van der Waals surface area contributed by atoms with Crippen molar-refractivity contribution >= 4 is 33.2 Å². The number of carbonyl (C=O) groups is 1. The number of halogens is 1. The first-order valence-corrected chi connectivity index (χ1v) is 12.9. The molecule has 0 bridgehead atoms. The molecule has 0 aliphatic rings. The predicted molar refractivity (Wildman–Crippen MR) is 131 cm³/mol. The van der Waals surface area contributed by atoms with Crippen molar-refractivity contribution in [1.82, 2.24) is 14.9 Å². The van der Waals surface area contributed by atoms with E-state index >= 15 is 0 Å². The molecule has 9 heteroatoms. The largest absolute Gasteiger partial charge is 0.352 e. The van der Waals surface area contributed by atoms with Crippen LogP contribution in [-0.2, 0) is 23.0 Å². The fourth-order valence-corrected chi connectivity index (χ4v) is 4.60. The van der Waals surface area contributed by atoms with Gasteiger partial charge in [-0.15, -0.1) is 0 Å². The zero-order valence-electron chi connectivity index (χ0n) is 18.6. The molecule has 3 aromatic rings. The number of sulfonamides is 1. The predicted octanol–water partition coefficient (Wildman–Crippen LogP) is 4.89. The maximum Gasteiger partial charge on any atom is 0.261 e. The normalized spacial score (nSPS) is 11.3. The molecule has 7 nitrogen and oxygen atoms in total. The minimum absolute atomic E-state index is 0.0211. The van der Waals surface area contributed by atoms with Crippen LogP contribution in [0.5, 0.6) is 0 Å². The molecule has 0 atom stereocenters. The number of nitrogens with zero attached hydrogens (tertiary/aromatic N) is 2. The summed E-state index contributed by atoms with van der Waals surface area (Å²) in [7, 11) is -3.87. The lowest BCUT2D eigenvalue weighted by Gasteiger charge is -2.12. The molecule has 0 saturated carbocycles. The van der Waals surface area contributed by atoms with Crippen LogP contribution in [0.15, 0.2) is 66.1 Å². The van der Waals surface area contributed by atoms with Crippen molar-refractivity contribution in [3.05, 3.63) is 77.3 Å². The Balaban J connectivity index is 1.59. The highest BCUT2D eigenvalue weighted by atomic mass is 35.5. The highest BCUT2D eigenvalue weighted by molar-refractivity contribution is 7.92. The van der Waals surface area contributed by atoms with Gasteiger partial charge in [0.25, 0.3) is 15.9 Å². The van der Waals surface area contributed by atoms with E-state index in [4.69, 9.17) is 11.6 Å². The van der Waals surface area contributed by atoms with Crippen molar-refractivity contribution in [1.29, 1.82) is 0 Å². The maximum absolute atomic E-state index is 12.9. The van der Waals surface area contributed by atoms with E-state index in [1.165, 1.54) is 18.2 Å². The molecule has 0 aliphatic carbocycles. The molecule has 0 fully saturated rings. The van der Waals surface area contributed by atoms with Gasteiger partial charge in [0.05, 0.1) is 21.8 Å². The molecule has 1 aromatic heterocycles. The molecule has 1 heterocycles. The molecular formula is C24H29ClN4O3S. The topological polar surface area (TPSA) is 93.1 Å². The van der Waals surface area contributed by atoms with Gasteiger partial charge in [0.15, 0.2) is 0 Å². The second kappa shape index (κ2) is 11.9. The smallest absolute Gasteiger partial charge is 0.261 e. The van der Waals surface area contributed by atoms with Gasteiger partial charge in [0, 0.05) is 31.2 Å². The maximum atomic E-state index is 12.9. The van der Waals surface area contributed by atoms with Gasteiger partial charge in [0.2, 0.25) is 0 Å². The number of aryl methyl sites for hydroxylation is 2. The number of amides is 1. The number of imidazole rings is 1. The van der Waals surface area contributed by atoms with Crippen molar-refractivity contribution in [2.45, 2.75) is 50.5 Å². The Morgan fingerprint density at radius 2 is 1.88 bits per heavy atom. The monoisotopic (exact) mass is 488 g/mol. The van der Waals surface area contributed by atoms with E-state index in [0.29, 0.717) is 12.2 Å². The molecule has 0 radical (unpaired) electrons. The van der Waals surface area contributed by atoms with Gasteiger partial charge in [0.1, 0.15) is 0 Å². The fourth-order valence-electron chi connectivity index (χ4n) is 3.32. The third-order valence-electron chi connectivity index (χ3n) is 5.21. The van der Waals surface area contributed by atoms with Gasteiger partial charge in [-0.1, -0.05) is 37.1 Å². The van der Waals surface area contributed by atoms with Crippen LogP contribution in [0.2, 0.25) is 5.02 Å². The number of anilines is 1. The van der Waals surface area contributed by atoms with E-state index < -0.39 is 15.9 Å². The van der Waals surface area contributed by atoms with Gasteiger partial charge in [-0.25, -0.2) is 13.4 Å². The van der Waals surface area contributed by atoms with E-state index in [9.17, 15) is 13.2 Å². The minimum Gasteiger partial charge on any atom is -0.352 e. The van der Waals surface area contributed by atoms with Crippen molar-refractivity contribution in [3.63, 3.8) is 0 Å². The second-order valence-corrected chi connectivity index (χ2v) is 9.90. The highest BCUT2D eigenvalue weighted by Gasteiger charge is 2.19. The molecule has 33 heavy (non-hydrogen) atoms. The Hall–Kier alpha value is -2.84. The van der Waals surface area contributed by atoms with Gasteiger partial charge in [-0.2, -0.15) is 0 Å². The molecule has 0 unspecified atom stereocenters. The van der Waals surface area contributed by atoms with Crippen LogP contribution in [0.25, 0.3) is 0 Å². The minimum atomic E-state index is -3.87. The molecule has 1 amide bonds. The van der Waals surface area contributed by atoms with Crippen LogP contribution in [0.4, 0.5) is 5.69 Å². The second-order valence-electron chi connectivity index (χ2n) is 7.81. The molecule has 176 valence electrons. The van der Waals surface area contributed by atoms with Gasteiger partial charge >= 0.3 is 0 Å². The summed E-state index contributed by atoms with van der Waals surface area (Å²) in [5, 5.41) is 3.01. The van der Waals surface area contributed by atoms with Crippen molar-refractivity contribution in [3.8, 4) is 0 Å². The number of unbranched alkanes of at least 4 members (excludes halogenated alkanes) is 2. The Morgan fingerprint density at radius 1 is 1.09 bits per heavy atom. The number of carbonyl (C=O) groups excluding carboxylic acids is 1. The zero-order chi connectivity index (χ0) is 23.7. The van der Waals surface area contributed by atoms with Crippen molar-refractivity contribution in [2.24, 2.45) is 0 Å². The summed E-state index contributed by atoms with van der Waals surface area (Å²) in [5.41, 5.74) is 1.76. The lowest BCUT2D eigenvalue weighted by molar-refractivity contribution is 0.0953. The van der Waals surface area contributed by atoms with Crippen LogP contribution in [0.1, 0.15) is 48.5 Å². The summed E-state index contributed by atoms with van der Waals surface area (Å²) in [6.45, 7) is 3.41. The summed E-state index contributed by atoms with van der Waals surface area (Å²) >= 11 is 6.18. The van der Waals surface area contributed by atoms with Crippen LogP contribution < -0.4 is 10.0 Å². The first-order chi connectivity index (χ1) is 15.9. The Labute approximate surface area is 200 Å². The van der Waals surface area contributed by atoms with Crippen molar-refractivity contribution in [2.75, 3.05) is 11.3 Å². The van der Waals surface area contributed by atoms with Gasteiger partial charge < -0.3 is 9.88 Å². The molecular weight excluding hydrogens is 460 g/mol. The van der Waals surface area contributed by atoms with E-state index in [-0.39, 0.29) is 15.5 Å². The van der Waals surface area contributed by atoms with E-state index in [1.54, 1.807) is 24.7 Å². The number of hydrogen-bond acceptors (Lipinski definition) is 4. The lowest BCUT2D eigenvalue weighted by atomic mass is 10.1. The zero-order valence-corrected chi connectivity index (χ0v) is 20.2.